The Kier molecular flexibility index (Phi) is 5.02. The van der Waals surface area contributed by atoms with Crippen LogP contribution in [0.25, 0.3) is 6.08 Å². The Morgan fingerprint density at radius 2 is 2.11 bits per heavy atom. The summed E-state index contributed by atoms with van der Waals surface area (Å²) in [6, 6.07) is 9.23. The Balaban J connectivity index is 1.94. The number of rotatable bonds is 4. The molecule has 98 valence electrons. The molecule has 1 N–H and O–H groups in total. The predicted molar refractivity (Wildman–Crippen MR) is 81.7 cm³/mol. The Morgan fingerprint density at radius 3 is 2.84 bits per heavy atom. The lowest BCUT2D eigenvalue weighted by Gasteiger charge is -2.01. The number of hydrogen-bond acceptors (Lipinski definition) is 2. The summed E-state index contributed by atoms with van der Waals surface area (Å²) < 4.78 is 0. The molecule has 1 aromatic carbocycles. The van der Waals surface area contributed by atoms with Gasteiger partial charge < -0.3 is 5.32 Å². The van der Waals surface area contributed by atoms with Crippen molar-refractivity contribution in [3.05, 3.63) is 62.3 Å². The molecule has 0 atom stereocenters. The summed E-state index contributed by atoms with van der Waals surface area (Å²) >= 11 is 13.5. The van der Waals surface area contributed by atoms with Crippen molar-refractivity contribution in [3.63, 3.8) is 0 Å². The average Bonchev–Trinajstić information content (AvgIpc) is 2.91. The van der Waals surface area contributed by atoms with Gasteiger partial charge in [-0.1, -0.05) is 41.4 Å². The third-order valence-electron chi connectivity index (χ3n) is 2.41. The van der Waals surface area contributed by atoms with Gasteiger partial charge >= 0.3 is 0 Å². The highest BCUT2D eigenvalue weighted by Crippen LogP contribution is 2.26. The zero-order valence-corrected chi connectivity index (χ0v) is 12.2. The first-order valence-corrected chi connectivity index (χ1v) is 7.22. The molecule has 0 aliphatic rings. The Hall–Kier alpha value is -1.29. The second kappa shape index (κ2) is 6.75. The van der Waals surface area contributed by atoms with Crippen LogP contribution in [0, 0.1) is 0 Å². The molecule has 0 aliphatic heterocycles. The maximum absolute atomic E-state index is 11.6. The van der Waals surface area contributed by atoms with Crippen LogP contribution >= 0.6 is 34.5 Å². The van der Waals surface area contributed by atoms with Crippen LogP contribution in [0.15, 0.2) is 41.8 Å². The molecule has 1 aromatic heterocycles. The summed E-state index contributed by atoms with van der Waals surface area (Å²) in [5.41, 5.74) is 0.723. The summed E-state index contributed by atoms with van der Waals surface area (Å²) in [5, 5.41) is 5.70. The van der Waals surface area contributed by atoms with Gasteiger partial charge in [-0.3, -0.25) is 4.79 Å². The topological polar surface area (TPSA) is 29.1 Å². The zero-order chi connectivity index (χ0) is 13.7. The molecule has 1 heterocycles. The van der Waals surface area contributed by atoms with Crippen molar-refractivity contribution in [2.24, 2.45) is 0 Å². The first-order valence-electron chi connectivity index (χ1n) is 5.59. The summed E-state index contributed by atoms with van der Waals surface area (Å²) in [6.07, 6.45) is 3.10. The fourth-order valence-corrected chi connectivity index (χ4v) is 2.48. The van der Waals surface area contributed by atoms with E-state index in [1.807, 2.05) is 17.5 Å². The minimum atomic E-state index is -0.163. The number of carbonyl (C=O) groups excluding carboxylic acids is 1. The van der Waals surface area contributed by atoms with Gasteiger partial charge in [-0.2, -0.15) is 0 Å². The van der Waals surface area contributed by atoms with Gasteiger partial charge in [0.2, 0.25) is 5.91 Å². The van der Waals surface area contributed by atoms with Gasteiger partial charge in [0.1, 0.15) is 0 Å². The molecule has 2 nitrogen and oxygen atoms in total. The largest absolute Gasteiger partial charge is 0.348 e. The molecule has 0 aliphatic carbocycles. The van der Waals surface area contributed by atoms with E-state index in [9.17, 15) is 4.79 Å². The molecule has 0 bridgehead atoms. The maximum Gasteiger partial charge on any atom is 0.244 e. The van der Waals surface area contributed by atoms with Crippen molar-refractivity contribution in [3.8, 4) is 0 Å². The van der Waals surface area contributed by atoms with E-state index in [2.05, 4.69) is 5.32 Å². The molecule has 2 aromatic rings. The zero-order valence-electron chi connectivity index (χ0n) is 9.90. The van der Waals surface area contributed by atoms with E-state index < -0.39 is 0 Å². The number of thiophene rings is 1. The van der Waals surface area contributed by atoms with Gasteiger partial charge in [0, 0.05) is 11.0 Å². The summed E-state index contributed by atoms with van der Waals surface area (Å²) in [7, 11) is 0. The Morgan fingerprint density at radius 1 is 1.26 bits per heavy atom. The number of hydrogen-bond donors (Lipinski definition) is 1. The van der Waals surface area contributed by atoms with E-state index in [1.54, 1.807) is 35.6 Å². The van der Waals surface area contributed by atoms with Crippen molar-refractivity contribution in [2.45, 2.75) is 6.54 Å². The molecule has 0 spiro atoms. The third kappa shape index (κ3) is 4.10. The standard InChI is InChI=1S/C14H11Cl2NOS/c15-12-5-1-3-10(14(12)16)6-7-13(18)17-9-11-4-2-8-19-11/h1-8H,9H2,(H,17,18)/b7-6+. The number of carbonyl (C=O) groups is 1. The molecule has 0 fully saturated rings. The summed E-state index contributed by atoms with van der Waals surface area (Å²) in [4.78, 5) is 12.8. The predicted octanol–water partition coefficient (Wildman–Crippen LogP) is 4.38. The first kappa shape index (κ1) is 14.1. The van der Waals surface area contributed by atoms with E-state index in [1.165, 1.54) is 6.08 Å². The highest BCUT2D eigenvalue weighted by molar-refractivity contribution is 7.09. The monoisotopic (exact) mass is 311 g/mol. The van der Waals surface area contributed by atoms with Gasteiger partial charge in [0.25, 0.3) is 0 Å². The molecule has 2 rings (SSSR count). The van der Waals surface area contributed by atoms with Gasteiger partial charge in [-0.15, -0.1) is 11.3 Å². The molecular weight excluding hydrogens is 301 g/mol. The van der Waals surface area contributed by atoms with Crippen LogP contribution in [0.5, 0.6) is 0 Å². The second-order valence-corrected chi connectivity index (χ2v) is 5.59. The molecule has 0 saturated heterocycles. The highest BCUT2D eigenvalue weighted by atomic mass is 35.5. The Labute approximate surface area is 125 Å². The summed E-state index contributed by atoms with van der Waals surface area (Å²) in [6.45, 7) is 0.532. The maximum atomic E-state index is 11.6. The highest BCUT2D eigenvalue weighted by Gasteiger charge is 2.02. The molecule has 0 unspecified atom stereocenters. The van der Waals surface area contributed by atoms with E-state index in [4.69, 9.17) is 23.2 Å². The molecule has 0 radical (unpaired) electrons. The molecule has 0 saturated carbocycles. The van der Waals surface area contributed by atoms with Crippen LogP contribution in [0.2, 0.25) is 10.0 Å². The van der Waals surface area contributed by atoms with Crippen molar-refractivity contribution in [1.82, 2.24) is 5.32 Å². The van der Waals surface area contributed by atoms with E-state index in [0.29, 0.717) is 16.6 Å². The lowest BCUT2D eigenvalue weighted by molar-refractivity contribution is -0.116. The number of amides is 1. The molecule has 5 heteroatoms. The normalized spacial score (nSPS) is 10.8. The molecule has 19 heavy (non-hydrogen) atoms. The van der Waals surface area contributed by atoms with Crippen LogP contribution < -0.4 is 5.32 Å². The number of nitrogens with one attached hydrogen (secondary N) is 1. The van der Waals surface area contributed by atoms with Crippen molar-refractivity contribution in [2.75, 3.05) is 0 Å². The molecular formula is C14H11Cl2NOS. The van der Waals surface area contributed by atoms with Gasteiger partial charge in [0.05, 0.1) is 16.6 Å². The SMILES string of the molecule is O=C(/C=C/c1cccc(Cl)c1Cl)NCc1cccs1. The van der Waals surface area contributed by atoms with E-state index in [-0.39, 0.29) is 5.91 Å². The third-order valence-corrected chi connectivity index (χ3v) is 4.12. The van der Waals surface area contributed by atoms with Crippen LogP contribution in [-0.4, -0.2) is 5.91 Å². The fourth-order valence-electron chi connectivity index (χ4n) is 1.46. The van der Waals surface area contributed by atoms with Crippen LogP contribution in [0.1, 0.15) is 10.4 Å². The minimum absolute atomic E-state index is 0.163. The van der Waals surface area contributed by atoms with Crippen LogP contribution in [0.4, 0.5) is 0 Å². The van der Waals surface area contributed by atoms with Gasteiger partial charge in [0.15, 0.2) is 0 Å². The summed E-state index contributed by atoms with van der Waals surface area (Å²) in [5.74, 6) is -0.163. The van der Waals surface area contributed by atoms with E-state index in [0.717, 1.165) is 10.4 Å². The number of halogens is 2. The first-order chi connectivity index (χ1) is 9.16. The number of benzene rings is 1. The van der Waals surface area contributed by atoms with Gasteiger partial charge in [-0.25, -0.2) is 0 Å². The smallest absolute Gasteiger partial charge is 0.244 e. The second-order valence-electron chi connectivity index (χ2n) is 3.77. The lowest BCUT2D eigenvalue weighted by Crippen LogP contribution is -2.19. The van der Waals surface area contributed by atoms with Crippen molar-refractivity contribution < 1.29 is 4.79 Å². The van der Waals surface area contributed by atoms with Crippen LogP contribution in [-0.2, 0) is 11.3 Å². The average molecular weight is 312 g/mol. The van der Waals surface area contributed by atoms with Crippen molar-refractivity contribution in [1.29, 1.82) is 0 Å². The quantitative estimate of drug-likeness (QED) is 0.834. The van der Waals surface area contributed by atoms with Gasteiger partial charge in [-0.05, 0) is 29.2 Å². The molecule has 1 amide bonds. The lowest BCUT2D eigenvalue weighted by atomic mass is 10.2. The fraction of sp³-hybridized carbons (Fsp3) is 0.0714. The Bertz CT molecular complexity index is 593. The van der Waals surface area contributed by atoms with Crippen molar-refractivity contribution >= 4 is 46.5 Å². The van der Waals surface area contributed by atoms with Crippen LogP contribution in [0.3, 0.4) is 0 Å². The van der Waals surface area contributed by atoms with E-state index >= 15 is 0 Å². The minimum Gasteiger partial charge on any atom is -0.348 e.